The first-order chi connectivity index (χ1) is 7.11. The molecule has 0 spiro atoms. The van der Waals surface area contributed by atoms with Crippen LogP contribution in [0.25, 0.3) is 0 Å². The van der Waals surface area contributed by atoms with Gasteiger partial charge < -0.3 is 10.1 Å². The predicted octanol–water partition coefficient (Wildman–Crippen LogP) is 0.312. The van der Waals surface area contributed by atoms with Crippen molar-refractivity contribution in [2.24, 2.45) is 7.05 Å². The molecule has 0 aliphatic carbocycles. The lowest BCUT2D eigenvalue weighted by Gasteiger charge is -2.01. The number of hydrogen-bond donors (Lipinski definition) is 1. The van der Waals surface area contributed by atoms with E-state index in [-0.39, 0.29) is 13.0 Å². The van der Waals surface area contributed by atoms with Crippen molar-refractivity contribution in [1.82, 2.24) is 9.78 Å². The Hall–Kier alpha value is -1.85. The molecular weight excluding hydrogens is 198 g/mol. The van der Waals surface area contributed by atoms with E-state index in [4.69, 9.17) is 0 Å². The molecule has 1 heterocycles. The Labute approximate surface area is 87.2 Å². The van der Waals surface area contributed by atoms with Crippen LogP contribution in [0.15, 0.2) is 12.3 Å². The minimum absolute atomic E-state index is 0.274. The van der Waals surface area contributed by atoms with Gasteiger partial charge in [-0.05, 0) is 6.92 Å². The fourth-order valence-corrected chi connectivity index (χ4v) is 1.01. The number of aryl methyl sites for hydroxylation is 1. The zero-order valence-electron chi connectivity index (χ0n) is 8.69. The van der Waals surface area contributed by atoms with Gasteiger partial charge in [-0.2, -0.15) is 5.10 Å². The SMILES string of the molecule is CCOC(=O)CC(=O)Nc1ccn(C)n1. The standard InChI is InChI=1S/C9H13N3O3/c1-3-15-9(14)6-8(13)10-7-4-5-12(2)11-7/h4-5H,3,6H2,1-2H3,(H,10,11,13). The van der Waals surface area contributed by atoms with Crippen LogP contribution in [-0.4, -0.2) is 28.3 Å². The molecule has 1 aromatic heterocycles. The van der Waals surface area contributed by atoms with Gasteiger partial charge in [-0.3, -0.25) is 14.3 Å². The zero-order valence-corrected chi connectivity index (χ0v) is 8.69. The van der Waals surface area contributed by atoms with Crippen molar-refractivity contribution >= 4 is 17.7 Å². The number of nitrogens with zero attached hydrogens (tertiary/aromatic N) is 2. The van der Waals surface area contributed by atoms with E-state index < -0.39 is 11.9 Å². The molecule has 0 bridgehead atoms. The molecule has 6 nitrogen and oxygen atoms in total. The van der Waals surface area contributed by atoms with E-state index in [2.05, 4.69) is 15.2 Å². The van der Waals surface area contributed by atoms with E-state index in [1.54, 1.807) is 30.9 Å². The molecule has 0 aromatic carbocycles. The van der Waals surface area contributed by atoms with Gasteiger partial charge in [0.15, 0.2) is 5.82 Å². The highest BCUT2D eigenvalue weighted by Crippen LogP contribution is 2.01. The maximum Gasteiger partial charge on any atom is 0.315 e. The van der Waals surface area contributed by atoms with Crippen LogP contribution in [0.5, 0.6) is 0 Å². The lowest BCUT2D eigenvalue weighted by Crippen LogP contribution is -2.18. The minimum atomic E-state index is -0.536. The molecule has 82 valence electrons. The summed E-state index contributed by atoms with van der Waals surface area (Å²) in [5.74, 6) is -0.537. The molecule has 0 aliphatic rings. The Morgan fingerprint density at radius 2 is 2.33 bits per heavy atom. The molecule has 6 heteroatoms. The second-order valence-electron chi connectivity index (χ2n) is 2.90. The number of aromatic nitrogens is 2. The molecule has 0 radical (unpaired) electrons. The van der Waals surface area contributed by atoms with Crippen LogP contribution in [0.2, 0.25) is 0 Å². The Morgan fingerprint density at radius 1 is 1.60 bits per heavy atom. The highest BCUT2D eigenvalue weighted by molar-refractivity contribution is 6.01. The average Bonchev–Trinajstić information content (AvgIpc) is 2.51. The number of amides is 1. The fraction of sp³-hybridized carbons (Fsp3) is 0.444. The first kappa shape index (κ1) is 11.2. The minimum Gasteiger partial charge on any atom is -0.466 e. The van der Waals surface area contributed by atoms with E-state index in [1.165, 1.54) is 0 Å². The zero-order chi connectivity index (χ0) is 11.3. The van der Waals surface area contributed by atoms with E-state index in [0.29, 0.717) is 5.82 Å². The number of anilines is 1. The molecule has 0 atom stereocenters. The van der Waals surface area contributed by atoms with Crippen LogP contribution in [0.4, 0.5) is 5.82 Å². The third-order valence-electron chi connectivity index (χ3n) is 1.59. The number of ether oxygens (including phenoxy) is 1. The molecular formula is C9H13N3O3. The summed E-state index contributed by atoms with van der Waals surface area (Å²) in [5, 5.41) is 6.42. The van der Waals surface area contributed by atoms with Crippen molar-refractivity contribution in [2.45, 2.75) is 13.3 Å². The Morgan fingerprint density at radius 3 is 2.87 bits per heavy atom. The molecule has 1 N–H and O–H groups in total. The summed E-state index contributed by atoms with van der Waals surface area (Å²) in [6.07, 6.45) is 1.41. The summed E-state index contributed by atoms with van der Waals surface area (Å²) in [6.45, 7) is 1.96. The van der Waals surface area contributed by atoms with Crippen LogP contribution in [0.1, 0.15) is 13.3 Å². The van der Waals surface area contributed by atoms with Gasteiger partial charge in [0, 0.05) is 19.3 Å². The number of hydrogen-bond acceptors (Lipinski definition) is 4. The van der Waals surface area contributed by atoms with Crippen molar-refractivity contribution in [3.05, 3.63) is 12.3 Å². The summed E-state index contributed by atoms with van der Waals surface area (Å²) >= 11 is 0. The van der Waals surface area contributed by atoms with Gasteiger partial charge in [-0.25, -0.2) is 0 Å². The summed E-state index contributed by atoms with van der Waals surface area (Å²) in [7, 11) is 1.74. The first-order valence-electron chi connectivity index (χ1n) is 4.57. The van der Waals surface area contributed by atoms with Crippen LogP contribution >= 0.6 is 0 Å². The molecule has 1 rings (SSSR count). The monoisotopic (exact) mass is 211 g/mol. The van der Waals surface area contributed by atoms with Crippen LogP contribution < -0.4 is 5.32 Å². The largest absolute Gasteiger partial charge is 0.466 e. The first-order valence-corrected chi connectivity index (χ1v) is 4.57. The highest BCUT2D eigenvalue weighted by atomic mass is 16.5. The van der Waals surface area contributed by atoms with Gasteiger partial charge in [0.05, 0.1) is 6.61 Å². The number of nitrogens with one attached hydrogen (secondary N) is 1. The molecule has 0 saturated heterocycles. The number of rotatable bonds is 4. The quantitative estimate of drug-likeness (QED) is 0.574. The maximum atomic E-state index is 11.2. The topological polar surface area (TPSA) is 73.2 Å². The van der Waals surface area contributed by atoms with Crippen molar-refractivity contribution in [3.8, 4) is 0 Å². The lowest BCUT2D eigenvalue weighted by molar-refractivity contribution is -0.145. The average molecular weight is 211 g/mol. The summed E-state index contributed by atoms with van der Waals surface area (Å²) in [6, 6.07) is 1.64. The van der Waals surface area contributed by atoms with Crippen molar-refractivity contribution in [1.29, 1.82) is 0 Å². The summed E-state index contributed by atoms with van der Waals surface area (Å²) < 4.78 is 6.19. The molecule has 0 aliphatic heterocycles. The molecule has 1 amide bonds. The maximum absolute atomic E-state index is 11.2. The van der Waals surface area contributed by atoms with Crippen molar-refractivity contribution < 1.29 is 14.3 Å². The lowest BCUT2D eigenvalue weighted by atomic mass is 10.4. The molecule has 0 saturated carbocycles. The third kappa shape index (κ3) is 3.80. The van der Waals surface area contributed by atoms with Crippen LogP contribution in [0.3, 0.4) is 0 Å². The molecule has 0 fully saturated rings. The number of carbonyl (C=O) groups excluding carboxylic acids is 2. The van der Waals surface area contributed by atoms with Gasteiger partial charge in [-0.1, -0.05) is 0 Å². The number of carbonyl (C=O) groups is 2. The predicted molar refractivity (Wildman–Crippen MR) is 53.1 cm³/mol. The van der Waals surface area contributed by atoms with E-state index >= 15 is 0 Å². The van der Waals surface area contributed by atoms with Gasteiger partial charge >= 0.3 is 5.97 Å². The van der Waals surface area contributed by atoms with Crippen LogP contribution in [-0.2, 0) is 21.4 Å². The third-order valence-corrected chi connectivity index (χ3v) is 1.59. The molecule has 0 unspecified atom stereocenters. The normalized spacial score (nSPS) is 9.73. The van der Waals surface area contributed by atoms with Crippen molar-refractivity contribution in [2.75, 3.05) is 11.9 Å². The fourth-order valence-electron chi connectivity index (χ4n) is 1.01. The number of esters is 1. The van der Waals surface area contributed by atoms with Gasteiger partial charge in [0.1, 0.15) is 6.42 Å². The van der Waals surface area contributed by atoms with Gasteiger partial charge in [-0.15, -0.1) is 0 Å². The van der Waals surface area contributed by atoms with Crippen molar-refractivity contribution in [3.63, 3.8) is 0 Å². The summed E-state index contributed by atoms with van der Waals surface area (Å²) in [4.78, 5) is 22.2. The van der Waals surface area contributed by atoms with Crippen LogP contribution in [0, 0.1) is 0 Å². The summed E-state index contributed by atoms with van der Waals surface area (Å²) in [5.41, 5.74) is 0. The second-order valence-corrected chi connectivity index (χ2v) is 2.90. The van der Waals surface area contributed by atoms with Gasteiger partial charge in [0.25, 0.3) is 0 Å². The van der Waals surface area contributed by atoms with E-state index in [9.17, 15) is 9.59 Å². The second kappa shape index (κ2) is 5.14. The highest BCUT2D eigenvalue weighted by Gasteiger charge is 2.10. The van der Waals surface area contributed by atoms with Gasteiger partial charge in [0.2, 0.25) is 5.91 Å². The Kier molecular flexibility index (Phi) is 3.84. The smallest absolute Gasteiger partial charge is 0.315 e. The molecule has 15 heavy (non-hydrogen) atoms. The Bertz CT molecular complexity index is 359. The van der Waals surface area contributed by atoms with E-state index in [0.717, 1.165) is 0 Å². The Balaban J connectivity index is 2.39. The van der Waals surface area contributed by atoms with E-state index in [1.807, 2.05) is 0 Å². The molecule has 1 aromatic rings.